The number of quaternary nitrogens is 1. The summed E-state index contributed by atoms with van der Waals surface area (Å²) in [6.45, 7) is 6.58. The van der Waals surface area contributed by atoms with Gasteiger partial charge in [0, 0.05) is 22.2 Å². The normalized spacial score (nSPS) is 20.9. The van der Waals surface area contributed by atoms with Gasteiger partial charge in [-0.2, -0.15) is 0 Å². The Morgan fingerprint density at radius 2 is 1.55 bits per heavy atom. The fourth-order valence-corrected chi connectivity index (χ4v) is 7.65. The molecule has 0 spiro atoms. The smallest absolute Gasteiger partial charge is 0.163 e. The SMILES string of the molecule is CCN1C(=CC=CC2Sc3ccc4ccccc4c3[NH+]2CC)Sc2ccc3ccccc3c21. The molecule has 0 saturated carbocycles. The monoisotopic (exact) mass is 467 g/mol. The highest BCUT2D eigenvalue weighted by Gasteiger charge is 2.34. The molecule has 2 aliphatic rings. The number of thioether (sulfide) groups is 2. The van der Waals surface area contributed by atoms with Crippen molar-refractivity contribution in [2.24, 2.45) is 0 Å². The molecule has 0 saturated heterocycles. The Balaban J connectivity index is 1.30. The molecule has 2 unspecified atom stereocenters. The molecule has 164 valence electrons. The number of nitrogens with zero attached hydrogens (tertiary/aromatic N) is 1. The van der Waals surface area contributed by atoms with Crippen molar-refractivity contribution in [2.75, 3.05) is 18.0 Å². The first-order valence-corrected chi connectivity index (χ1v) is 13.4. The van der Waals surface area contributed by atoms with E-state index in [0.29, 0.717) is 5.37 Å². The van der Waals surface area contributed by atoms with Gasteiger partial charge in [0.25, 0.3) is 0 Å². The standard InChI is InChI=1S/C29H26N2S2/c1-3-30-26(32-24-18-16-20-10-5-7-12-22(20)28(24)30)14-9-15-27-31(4-2)29-23-13-8-6-11-21(23)17-19-25(29)33-27/h5-19,26H,3-4H2,1-2H3/p+1. The van der Waals surface area contributed by atoms with Crippen LogP contribution in [0.25, 0.3) is 21.5 Å². The molecule has 2 atom stereocenters. The first kappa shape index (κ1) is 20.9. The highest BCUT2D eigenvalue weighted by Crippen LogP contribution is 2.49. The Morgan fingerprint density at radius 1 is 0.848 bits per heavy atom. The lowest BCUT2D eigenvalue weighted by Gasteiger charge is -2.19. The quantitative estimate of drug-likeness (QED) is 0.346. The van der Waals surface area contributed by atoms with Gasteiger partial charge in [0.05, 0.1) is 22.2 Å². The largest absolute Gasteiger partial charge is 0.335 e. The minimum absolute atomic E-state index is 0.400. The van der Waals surface area contributed by atoms with Crippen molar-refractivity contribution < 1.29 is 4.90 Å². The van der Waals surface area contributed by atoms with Gasteiger partial charge < -0.3 is 4.90 Å². The molecule has 2 nitrogen and oxygen atoms in total. The molecule has 0 radical (unpaired) electrons. The predicted molar refractivity (Wildman–Crippen MR) is 145 cm³/mol. The highest BCUT2D eigenvalue weighted by atomic mass is 32.2. The van der Waals surface area contributed by atoms with Gasteiger partial charge in [0.15, 0.2) is 11.1 Å². The van der Waals surface area contributed by atoms with Gasteiger partial charge in [0.2, 0.25) is 0 Å². The Morgan fingerprint density at radius 3 is 2.30 bits per heavy atom. The van der Waals surface area contributed by atoms with Crippen molar-refractivity contribution in [1.82, 2.24) is 0 Å². The Hall–Kier alpha value is -2.66. The number of fused-ring (bicyclic) bond motifs is 6. The average molecular weight is 468 g/mol. The van der Waals surface area contributed by atoms with Gasteiger partial charge in [-0.15, -0.1) is 0 Å². The lowest BCUT2D eigenvalue weighted by atomic mass is 10.1. The molecule has 4 heteroatoms. The Labute approximate surface area is 204 Å². The zero-order chi connectivity index (χ0) is 22.4. The number of anilines is 1. The third kappa shape index (κ3) is 3.48. The summed E-state index contributed by atoms with van der Waals surface area (Å²) in [6.07, 6.45) is 6.97. The number of hydrogen-bond acceptors (Lipinski definition) is 3. The minimum Gasteiger partial charge on any atom is -0.335 e. The molecule has 6 rings (SSSR count). The summed E-state index contributed by atoms with van der Waals surface area (Å²) in [7, 11) is 0. The van der Waals surface area contributed by atoms with Crippen LogP contribution in [0.15, 0.2) is 106 Å². The van der Waals surface area contributed by atoms with E-state index >= 15 is 0 Å². The number of likely N-dealkylation sites (N-methyl/N-ethyl adjacent to an activating group) is 1. The number of benzene rings is 4. The van der Waals surface area contributed by atoms with Crippen LogP contribution in [0.1, 0.15) is 13.8 Å². The second-order valence-electron chi connectivity index (χ2n) is 8.45. The first-order chi connectivity index (χ1) is 16.3. The van der Waals surface area contributed by atoms with Gasteiger partial charge in [-0.05, 0) is 55.0 Å². The maximum atomic E-state index is 2.46. The Kier molecular flexibility index (Phi) is 5.45. The molecule has 0 aromatic heterocycles. The molecule has 2 heterocycles. The van der Waals surface area contributed by atoms with Gasteiger partial charge in [-0.1, -0.05) is 84.2 Å². The van der Waals surface area contributed by atoms with E-state index in [1.54, 1.807) is 4.90 Å². The molecular formula is C29H27N2S2+. The summed E-state index contributed by atoms with van der Waals surface area (Å²) < 4.78 is 0. The fraction of sp³-hybridized carbons (Fsp3) is 0.172. The third-order valence-corrected chi connectivity index (χ3v) is 9.05. The Bertz CT molecular complexity index is 1420. The molecular weight excluding hydrogens is 440 g/mol. The number of rotatable bonds is 4. The second-order valence-corrected chi connectivity index (χ2v) is 10.7. The van der Waals surface area contributed by atoms with E-state index in [2.05, 4.69) is 110 Å². The minimum atomic E-state index is 0.400. The van der Waals surface area contributed by atoms with E-state index in [-0.39, 0.29) is 0 Å². The second kappa shape index (κ2) is 8.60. The molecule has 0 amide bonds. The highest BCUT2D eigenvalue weighted by molar-refractivity contribution is 8.03. The maximum Gasteiger partial charge on any atom is 0.163 e. The lowest BCUT2D eigenvalue weighted by molar-refractivity contribution is -0.831. The van der Waals surface area contributed by atoms with Crippen LogP contribution in [-0.2, 0) is 0 Å². The van der Waals surface area contributed by atoms with Gasteiger partial charge >= 0.3 is 0 Å². The van der Waals surface area contributed by atoms with Crippen LogP contribution in [0.4, 0.5) is 11.4 Å². The van der Waals surface area contributed by atoms with E-state index in [1.807, 2.05) is 23.5 Å². The van der Waals surface area contributed by atoms with Crippen LogP contribution < -0.4 is 9.80 Å². The van der Waals surface area contributed by atoms with Crippen molar-refractivity contribution in [1.29, 1.82) is 0 Å². The lowest BCUT2D eigenvalue weighted by Crippen LogP contribution is -3.08. The molecule has 0 fully saturated rings. The summed E-state index contributed by atoms with van der Waals surface area (Å²) in [4.78, 5) is 6.77. The first-order valence-electron chi connectivity index (χ1n) is 11.7. The topological polar surface area (TPSA) is 7.68 Å². The fourth-order valence-electron chi connectivity index (χ4n) is 5.12. The molecule has 2 aliphatic heterocycles. The van der Waals surface area contributed by atoms with Crippen molar-refractivity contribution in [3.8, 4) is 0 Å². The number of allylic oxidation sites excluding steroid dienone is 2. The van der Waals surface area contributed by atoms with Crippen LogP contribution in [0.2, 0.25) is 0 Å². The van der Waals surface area contributed by atoms with E-state index < -0.39 is 0 Å². The summed E-state index contributed by atoms with van der Waals surface area (Å²) in [5, 5.41) is 7.08. The van der Waals surface area contributed by atoms with Crippen molar-refractivity contribution in [2.45, 2.75) is 29.0 Å². The zero-order valence-electron chi connectivity index (χ0n) is 18.9. The molecule has 0 bridgehead atoms. The maximum absolute atomic E-state index is 2.46. The van der Waals surface area contributed by atoms with Crippen LogP contribution in [-0.4, -0.2) is 18.5 Å². The molecule has 0 aliphatic carbocycles. The third-order valence-electron chi connectivity index (χ3n) is 6.65. The van der Waals surface area contributed by atoms with Gasteiger partial charge in [0.1, 0.15) is 0 Å². The van der Waals surface area contributed by atoms with E-state index in [9.17, 15) is 0 Å². The zero-order valence-corrected chi connectivity index (χ0v) is 20.5. The summed E-state index contributed by atoms with van der Waals surface area (Å²) >= 11 is 3.87. The molecule has 4 aromatic carbocycles. The van der Waals surface area contributed by atoms with Crippen LogP contribution in [0, 0.1) is 0 Å². The summed E-state index contributed by atoms with van der Waals surface area (Å²) in [6, 6.07) is 26.6. The molecule has 1 N–H and O–H groups in total. The number of nitrogens with one attached hydrogen (secondary N) is 1. The van der Waals surface area contributed by atoms with Crippen LogP contribution >= 0.6 is 23.5 Å². The van der Waals surface area contributed by atoms with Gasteiger partial charge in [-0.25, -0.2) is 0 Å². The van der Waals surface area contributed by atoms with Crippen molar-refractivity contribution >= 4 is 56.4 Å². The van der Waals surface area contributed by atoms with E-state index in [0.717, 1.165) is 13.1 Å². The van der Waals surface area contributed by atoms with Crippen LogP contribution in [0.3, 0.4) is 0 Å². The summed E-state index contributed by atoms with van der Waals surface area (Å²) in [5.74, 6) is 0. The predicted octanol–water partition coefficient (Wildman–Crippen LogP) is 6.99. The molecule has 33 heavy (non-hydrogen) atoms. The van der Waals surface area contributed by atoms with Gasteiger partial charge in [-0.3, -0.25) is 4.90 Å². The van der Waals surface area contributed by atoms with Crippen molar-refractivity contribution in [3.05, 3.63) is 96.1 Å². The summed E-state index contributed by atoms with van der Waals surface area (Å²) in [5.41, 5.74) is 2.82. The average Bonchev–Trinajstić information content (AvgIpc) is 3.41. The number of hydrogen-bond donors (Lipinski definition) is 1. The molecule has 4 aromatic rings. The van der Waals surface area contributed by atoms with E-state index in [1.165, 1.54) is 47.7 Å². The van der Waals surface area contributed by atoms with E-state index in [4.69, 9.17) is 0 Å². The van der Waals surface area contributed by atoms with Crippen molar-refractivity contribution in [3.63, 3.8) is 0 Å². The van der Waals surface area contributed by atoms with Crippen LogP contribution in [0.5, 0.6) is 0 Å².